The molecule has 154 valence electrons. The highest BCUT2D eigenvalue weighted by Gasteiger charge is 2.16. The van der Waals surface area contributed by atoms with E-state index in [1.54, 1.807) is 30.3 Å². The predicted octanol–water partition coefficient (Wildman–Crippen LogP) is 0.666. The summed E-state index contributed by atoms with van der Waals surface area (Å²) in [6, 6.07) is 8.26. The first-order chi connectivity index (χ1) is 13.1. The van der Waals surface area contributed by atoms with Gasteiger partial charge >= 0.3 is 8.25 Å². The Bertz CT molecular complexity index is 933. The highest BCUT2D eigenvalue weighted by Crippen LogP contribution is 2.17. The van der Waals surface area contributed by atoms with Crippen LogP contribution in [0, 0.1) is 0 Å². The maximum atomic E-state index is 12.6. The molecular formula is C16H22N3O7PS. The van der Waals surface area contributed by atoms with Crippen molar-refractivity contribution in [3.05, 3.63) is 59.9 Å². The van der Waals surface area contributed by atoms with Gasteiger partial charge in [-0.15, -0.1) is 0 Å². The summed E-state index contributed by atoms with van der Waals surface area (Å²) in [5.41, 5.74) is 3.00. The highest BCUT2D eigenvalue weighted by atomic mass is 32.2. The van der Waals surface area contributed by atoms with Gasteiger partial charge in [0.25, 0.3) is 15.9 Å². The Morgan fingerprint density at radius 1 is 1.21 bits per heavy atom. The molecule has 10 nitrogen and oxygen atoms in total. The van der Waals surface area contributed by atoms with Gasteiger partial charge in [-0.1, -0.05) is 12.1 Å². The van der Waals surface area contributed by atoms with Gasteiger partial charge < -0.3 is 14.7 Å². The predicted molar refractivity (Wildman–Crippen MR) is 103 cm³/mol. The van der Waals surface area contributed by atoms with E-state index >= 15 is 0 Å². The standard InChI is InChI=1S/C16H19N3O4S.H3O3P/c1-18(2)11-13-3-6-15(7-4-13)24(22,23)19-10-9-14(12-19)5-8-16(20)17-21;1-4(2)3/h3-10,12,21H,11H2,1-2H3,(H,17,20);4H,(H2,1,2,3)/b8-5+;. The van der Waals surface area contributed by atoms with Crippen LogP contribution in [-0.4, -0.2) is 52.3 Å². The summed E-state index contributed by atoms with van der Waals surface area (Å²) in [5, 5.41) is 8.42. The number of aromatic nitrogens is 1. The molecule has 0 spiro atoms. The molecule has 0 aliphatic carbocycles. The molecule has 1 heterocycles. The quantitative estimate of drug-likeness (QED) is 0.226. The minimum Gasteiger partial charge on any atom is -0.326 e. The van der Waals surface area contributed by atoms with Gasteiger partial charge in [0.1, 0.15) is 0 Å². The summed E-state index contributed by atoms with van der Waals surface area (Å²) in [7, 11) is -2.94. The van der Waals surface area contributed by atoms with E-state index in [-0.39, 0.29) is 4.90 Å². The number of carbonyl (C=O) groups is 1. The van der Waals surface area contributed by atoms with E-state index in [1.807, 2.05) is 19.0 Å². The largest absolute Gasteiger partial charge is 0.326 e. The van der Waals surface area contributed by atoms with Crippen LogP contribution in [0.5, 0.6) is 0 Å². The molecule has 0 aliphatic heterocycles. The minimum atomic E-state index is -3.69. The van der Waals surface area contributed by atoms with Gasteiger partial charge in [0.05, 0.1) is 4.90 Å². The van der Waals surface area contributed by atoms with E-state index in [1.165, 1.54) is 23.9 Å². The van der Waals surface area contributed by atoms with Crippen molar-refractivity contribution in [1.82, 2.24) is 14.4 Å². The SMILES string of the molecule is CN(C)Cc1ccc(S(=O)(=O)n2ccc(/C=C/C(=O)NO)c2)cc1.O=[PH](O)O. The maximum Gasteiger partial charge on any atom is 0.314 e. The van der Waals surface area contributed by atoms with Crippen LogP contribution in [0.15, 0.2) is 53.7 Å². The summed E-state index contributed by atoms with van der Waals surface area (Å²) in [6.07, 6.45) is 5.30. The summed E-state index contributed by atoms with van der Waals surface area (Å²) in [5.74, 6) is -0.693. The number of amides is 1. The van der Waals surface area contributed by atoms with Crippen LogP contribution in [0.3, 0.4) is 0 Å². The molecule has 28 heavy (non-hydrogen) atoms. The molecule has 0 saturated carbocycles. The van der Waals surface area contributed by atoms with Crippen LogP contribution in [-0.2, 0) is 25.9 Å². The van der Waals surface area contributed by atoms with Crippen LogP contribution < -0.4 is 5.48 Å². The number of hydrogen-bond acceptors (Lipinski definition) is 6. The Hall–Kier alpha value is -2.27. The van der Waals surface area contributed by atoms with Gasteiger partial charge in [0, 0.05) is 25.0 Å². The monoisotopic (exact) mass is 431 g/mol. The Kier molecular flexibility index (Phi) is 9.26. The maximum absolute atomic E-state index is 12.6. The number of rotatable bonds is 6. The molecule has 0 fully saturated rings. The summed E-state index contributed by atoms with van der Waals surface area (Å²) >= 11 is 0. The van der Waals surface area contributed by atoms with Gasteiger partial charge in [-0.3, -0.25) is 14.6 Å². The van der Waals surface area contributed by atoms with Crippen molar-refractivity contribution < 1.29 is 32.8 Å². The van der Waals surface area contributed by atoms with Crippen molar-refractivity contribution in [3.8, 4) is 0 Å². The van der Waals surface area contributed by atoms with Crippen molar-refractivity contribution in [1.29, 1.82) is 0 Å². The zero-order chi connectivity index (χ0) is 21.3. The molecule has 0 bridgehead atoms. The highest BCUT2D eigenvalue weighted by molar-refractivity contribution is 7.90. The molecule has 2 aromatic rings. The first kappa shape index (κ1) is 23.8. The molecule has 0 radical (unpaired) electrons. The van der Waals surface area contributed by atoms with Crippen molar-refractivity contribution in [3.63, 3.8) is 0 Å². The summed E-state index contributed by atoms with van der Waals surface area (Å²) in [4.78, 5) is 27.4. The molecule has 0 unspecified atom stereocenters. The Labute approximate surface area is 163 Å². The molecule has 4 N–H and O–H groups in total. The third-order valence-electron chi connectivity index (χ3n) is 3.23. The first-order valence-electron chi connectivity index (χ1n) is 7.77. The van der Waals surface area contributed by atoms with Crippen LogP contribution in [0.1, 0.15) is 11.1 Å². The van der Waals surface area contributed by atoms with Crippen LogP contribution >= 0.6 is 8.25 Å². The molecular weight excluding hydrogens is 409 g/mol. The zero-order valence-electron chi connectivity index (χ0n) is 15.2. The molecule has 2 rings (SSSR count). The first-order valence-corrected chi connectivity index (χ1v) is 10.5. The number of carbonyl (C=O) groups excluding carboxylic acids is 1. The average molecular weight is 431 g/mol. The van der Waals surface area contributed by atoms with E-state index in [9.17, 15) is 13.2 Å². The Balaban J connectivity index is 0.000000892. The van der Waals surface area contributed by atoms with Gasteiger partial charge in [0.2, 0.25) is 0 Å². The van der Waals surface area contributed by atoms with E-state index < -0.39 is 24.2 Å². The molecule has 12 heteroatoms. The fourth-order valence-electron chi connectivity index (χ4n) is 2.10. The summed E-state index contributed by atoms with van der Waals surface area (Å²) in [6.45, 7) is 0.728. The number of nitrogens with zero attached hydrogens (tertiary/aromatic N) is 2. The number of hydroxylamine groups is 1. The number of nitrogens with one attached hydrogen (secondary N) is 1. The third-order valence-corrected chi connectivity index (χ3v) is 4.88. The van der Waals surface area contributed by atoms with E-state index in [0.717, 1.165) is 22.2 Å². The van der Waals surface area contributed by atoms with E-state index in [2.05, 4.69) is 0 Å². The molecule has 1 amide bonds. The second kappa shape index (κ2) is 10.9. The molecule has 0 atom stereocenters. The normalized spacial score (nSPS) is 11.5. The van der Waals surface area contributed by atoms with Gasteiger partial charge in [0.15, 0.2) is 0 Å². The second-order valence-corrected chi connectivity index (χ2v) is 8.16. The van der Waals surface area contributed by atoms with E-state index in [0.29, 0.717) is 5.56 Å². The number of benzene rings is 1. The van der Waals surface area contributed by atoms with Crippen LogP contribution in [0.4, 0.5) is 0 Å². The topological polar surface area (TPSA) is 149 Å². The van der Waals surface area contributed by atoms with Gasteiger partial charge in [-0.05, 0) is 49.5 Å². The lowest BCUT2D eigenvalue weighted by molar-refractivity contribution is -0.124. The third kappa shape index (κ3) is 7.77. The second-order valence-electron chi connectivity index (χ2n) is 5.75. The fraction of sp³-hybridized carbons (Fsp3) is 0.188. The smallest absolute Gasteiger partial charge is 0.314 e. The van der Waals surface area contributed by atoms with Crippen molar-refractivity contribution in [2.45, 2.75) is 11.4 Å². The molecule has 1 aromatic heterocycles. The summed E-state index contributed by atoms with van der Waals surface area (Å²) < 4.78 is 35.0. The van der Waals surface area contributed by atoms with Crippen molar-refractivity contribution in [2.75, 3.05) is 14.1 Å². The van der Waals surface area contributed by atoms with E-state index in [4.69, 9.17) is 19.6 Å². The zero-order valence-corrected chi connectivity index (χ0v) is 17.0. The lowest BCUT2D eigenvalue weighted by atomic mass is 10.2. The lowest BCUT2D eigenvalue weighted by Gasteiger charge is -2.10. The fourth-order valence-corrected chi connectivity index (χ4v) is 3.31. The Morgan fingerprint density at radius 2 is 1.79 bits per heavy atom. The van der Waals surface area contributed by atoms with Crippen molar-refractivity contribution in [2.24, 2.45) is 0 Å². The number of hydrogen-bond donors (Lipinski definition) is 4. The van der Waals surface area contributed by atoms with Gasteiger partial charge in [-0.25, -0.2) is 17.9 Å². The minimum absolute atomic E-state index is 0.184. The van der Waals surface area contributed by atoms with Crippen LogP contribution in [0.2, 0.25) is 0 Å². The average Bonchev–Trinajstić information content (AvgIpc) is 3.09. The molecule has 0 saturated heterocycles. The van der Waals surface area contributed by atoms with Crippen LogP contribution in [0.25, 0.3) is 6.08 Å². The molecule has 1 aromatic carbocycles. The Morgan fingerprint density at radius 3 is 2.29 bits per heavy atom. The lowest BCUT2D eigenvalue weighted by Crippen LogP contribution is -2.14. The van der Waals surface area contributed by atoms with Gasteiger partial charge in [-0.2, -0.15) is 0 Å². The van der Waals surface area contributed by atoms with Crippen molar-refractivity contribution >= 4 is 30.3 Å². The molecule has 0 aliphatic rings.